The zero-order valence-electron chi connectivity index (χ0n) is 16.7. The minimum absolute atomic E-state index is 0.198. The van der Waals surface area contributed by atoms with Crippen molar-refractivity contribution >= 4 is 17.2 Å². The Morgan fingerprint density at radius 3 is 2.33 bits per heavy atom. The first-order valence-electron chi connectivity index (χ1n) is 9.44. The number of anilines is 2. The number of ether oxygens (including phenoxy) is 1. The van der Waals surface area contributed by atoms with Crippen molar-refractivity contribution < 1.29 is 17.9 Å². The van der Waals surface area contributed by atoms with Crippen molar-refractivity contribution in [3.05, 3.63) is 45.6 Å². The molecule has 3 heterocycles. The fourth-order valence-corrected chi connectivity index (χ4v) is 3.83. The van der Waals surface area contributed by atoms with Crippen LogP contribution in [0.2, 0.25) is 0 Å². The smallest absolute Gasteiger partial charge is 0.406 e. The van der Waals surface area contributed by atoms with E-state index in [2.05, 4.69) is 24.7 Å². The molecule has 1 aromatic carbocycles. The first-order valence-corrected chi connectivity index (χ1v) is 9.44. The SMILES string of the molecule is Cc1nc2nc(C)c(N3CCN(c4ccc(OC(F)(F)F)cc4C)CC3)c(=O)n2[nH]1. The summed E-state index contributed by atoms with van der Waals surface area (Å²) >= 11 is 0. The third-order valence-corrected chi connectivity index (χ3v) is 5.10. The van der Waals surface area contributed by atoms with Crippen LogP contribution < -0.4 is 20.1 Å². The molecule has 1 aliphatic rings. The van der Waals surface area contributed by atoms with Gasteiger partial charge in [0.1, 0.15) is 17.3 Å². The highest BCUT2D eigenvalue weighted by Gasteiger charge is 2.31. The molecule has 11 heteroatoms. The molecule has 0 radical (unpaired) electrons. The molecule has 4 rings (SSSR count). The number of aryl methyl sites for hydroxylation is 3. The first-order chi connectivity index (χ1) is 14.1. The second-order valence-corrected chi connectivity index (χ2v) is 7.27. The van der Waals surface area contributed by atoms with Crippen molar-refractivity contribution in [3.63, 3.8) is 0 Å². The molecule has 0 bridgehead atoms. The lowest BCUT2D eigenvalue weighted by atomic mass is 10.1. The van der Waals surface area contributed by atoms with Crippen molar-refractivity contribution in [2.24, 2.45) is 0 Å². The molecule has 2 aromatic heterocycles. The maximum atomic E-state index is 12.9. The number of halogens is 3. The standard InChI is InChI=1S/C19H21F3N6O2/c1-11-10-14(30-19(20,21)22)4-5-15(11)26-6-8-27(9-7-26)16-12(2)23-18-24-13(3)25-28(18)17(16)29/h4-5,10H,6-9H2,1-3H3,(H,23,24,25). The highest BCUT2D eigenvalue weighted by atomic mass is 19.4. The van der Waals surface area contributed by atoms with E-state index in [-0.39, 0.29) is 11.3 Å². The number of alkyl halides is 3. The number of piperazine rings is 1. The predicted molar refractivity (Wildman–Crippen MR) is 105 cm³/mol. The molecular weight excluding hydrogens is 401 g/mol. The van der Waals surface area contributed by atoms with Crippen LogP contribution in [-0.2, 0) is 0 Å². The fourth-order valence-electron chi connectivity index (χ4n) is 3.83. The summed E-state index contributed by atoms with van der Waals surface area (Å²) in [4.78, 5) is 25.6. The van der Waals surface area contributed by atoms with Crippen molar-refractivity contribution in [3.8, 4) is 5.75 Å². The van der Waals surface area contributed by atoms with Crippen LogP contribution in [-0.4, -0.2) is 52.1 Å². The molecule has 160 valence electrons. The average Bonchev–Trinajstić information content (AvgIpc) is 3.02. The van der Waals surface area contributed by atoms with Gasteiger partial charge in [0.2, 0.25) is 0 Å². The minimum atomic E-state index is -4.71. The molecule has 1 N–H and O–H groups in total. The Balaban J connectivity index is 1.52. The molecule has 0 aliphatic carbocycles. The molecule has 0 saturated carbocycles. The molecular formula is C19H21F3N6O2. The first kappa shape index (κ1) is 20.0. The Morgan fingerprint density at radius 1 is 1.03 bits per heavy atom. The van der Waals surface area contributed by atoms with E-state index >= 15 is 0 Å². The number of aromatic nitrogens is 4. The summed E-state index contributed by atoms with van der Waals surface area (Å²) in [6, 6.07) is 4.33. The maximum absolute atomic E-state index is 12.9. The molecule has 8 nitrogen and oxygen atoms in total. The second kappa shape index (κ2) is 7.22. The molecule has 0 unspecified atom stereocenters. The van der Waals surface area contributed by atoms with Gasteiger partial charge in [-0.05, 0) is 44.5 Å². The van der Waals surface area contributed by atoms with Gasteiger partial charge in [-0.15, -0.1) is 13.2 Å². The van der Waals surface area contributed by atoms with Crippen LogP contribution in [0.5, 0.6) is 5.75 Å². The van der Waals surface area contributed by atoms with Gasteiger partial charge in [-0.3, -0.25) is 9.89 Å². The zero-order chi connectivity index (χ0) is 21.6. The summed E-state index contributed by atoms with van der Waals surface area (Å²) in [5, 5.41) is 2.90. The number of rotatable bonds is 3. The average molecular weight is 422 g/mol. The summed E-state index contributed by atoms with van der Waals surface area (Å²) in [6.45, 7) is 7.69. The monoisotopic (exact) mass is 422 g/mol. The van der Waals surface area contributed by atoms with E-state index in [4.69, 9.17) is 0 Å². The Hall–Kier alpha value is -3.24. The molecule has 30 heavy (non-hydrogen) atoms. The highest BCUT2D eigenvalue weighted by molar-refractivity contribution is 5.58. The summed E-state index contributed by atoms with van der Waals surface area (Å²) in [6.07, 6.45) is -4.71. The Kier molecular flexibility index (Phi) is 4.83. The van der Waals surface area contributed by atoms with Gasteiger partial charge in [0, 0.05) is 31.9 Å². The van der Waals surface area contributed by atoms with E-state index in [9.17, 15) is 18.0 Å². The molecule has 3 aromatic rings. The number of fused-ring (bicyclic) bond motifs is 1. The quantitative estimate of drug-likeness (QED) is 0.699. The van der Waals surface area contributed by atoms with Crippen molar-refractivity contribution in [2.75, 3.05) is 36.0 Å². The number of nitrogens with one attached hydrogen (secondary N) is 1. The van der Waals surface area contributed by atoms with Crippen LogP contribution in [0.1, 0.15) is 17.1 Å². The van der Waals surface area contributed by atoms with Crippen LogP contribution in [0.4, 0.5) is 24.5 Å². The summed E-state index contributed by atoms with van der Waals surface area (Å²) in [5.41, 5.74) is 2.48. The number of hydrogen-bond acceptors (Lipinski definition) is 6. The second-order valence-electron chi connectivity index (χ2n) is 7.27. The lowest BCUT2D eigenvalue weighted by molar-refractivity contribution is -0.274. The number of aromatic amines is 1. The van der Waals surface area contributed by atoms with Crippen molar-refractivity contribution in [1.29, 1.82) is 0 Å². The molecule has 1 aliphatic heterocycles. The summed E-state index contributed by atoms with van der Waals surface area (Å²) in [5.74, 6) is 0.712. The Bertz CT molecular complexity index is 1150. The molecule has 1 saturated heterocycles. The van der Waals surface area contributed by atoms with Gasteiger partial charge in [0.05, 0.1) is 5.69 Å². The van der Waals surface area contributed by atoms with Gasteiger partial charge in [-0.2, -0.15) is 9.50 Å². The van der Waals surface area contributed by atoms with Gasteiger partial charge in [-0.1, -0.05) is 0 Å². The largest absolute Gasteiger partial charge is 0.573 e. The van der Waals surface area contributed by atoms with Gasteiger partial charge in [0.25, 0.3) is 11.3 Å². The van der Waals surface area contributed by atoms with Crippen LogP contribution >= 0.6 is 0 Å². The Morgan fingerprint density at radius 2 is 1.70 bits per heavy atom. The van der Waals surface area contributed by atoms with Gasteiger partial charge < -0.3 is 14.5 Å². The molecule has 0 amide bonds. The van der Waals surface area contributed by atoms with E-state index in [1.807, 2.05) is 4.90 Å². The van der Waals surface area contributed by atoms with Gasteiger partial charge in [-0.25, -0.2) is 4.98 Å². The lowest BCUT2D eigenvalue weighted by Crippen LogP contribution is -2.48. The van der Waals surface area contributed by atoms with E-state index in [1.165, 1.54) is 16.6 Å². The Labute approximate surface area is 169 Å². The summed E-state index contributed by atoms with van der Waals surface area (Å²) < 4.78 is 42.6. The van der Waals surface area contributed by atoms with E-state index < -0.39 is 6.36 Å². The van der Waals surface area contributed by atoms with Crippen LogP contribution in [0.25, 0.3) is 5.78 Å². The van der Waals surface area contributed by atoms with Crippen molar-refractivity contribution in [2.45, 2.75) is 27.1 Å². The number of hydrogen-bond donors (Lipinski definition) is 1. The van der Waals surface area contributed by atoms with Gasteiger partial charge in [0.15, 0.2) is 0 Å². The third kappa shape index (κ3) is 3.79. The highest BCUT2D eigenvalue weighted by Crippen LogP contribution is 2.29. The summed E-state index contributed by atoms with van der Waals surface area (Å²) in [7, 11) is 0. The van der Waals surface area contributed by atoms with E-state index in [0.717, 1.165) is 5.69 Å². The third-order valence-electron chi connectivity index (χ3n) is 5.10. The van der Waals surface area contributed by atoms with E-state index in [0.29, 0.717) is 54.7 Å². The van der Waals surface area contributed by atoms with Crippen molar-refractivity contribution in [1.82, 2.24) is 19.6 Å². The van der Waals surface area contributed by atoms with Gasteiger partial charge >= 0.3 is 6.36 Å². The number of nitrogens with zero attached hydrogens (tertiary/aromatic N) is 5. The fraction of sp³-hybridized carbons (Fsp3) is 0.421. The zero-order valence-corrected chi connectivity index (χ0v) is 16.7. The van der Waals surface area contributed by atoms with Crippen LogP contribution in [0, 0.1) is 20.8 Å². The lowest BCUT2D eigenvalue weighted by Gasteiger charge is -2.37. The molecule has 0 atom stereocenters. The van der Waals surface area contributed by atoms with Crippen LogP contribution in [0.3, 0.4) is 0 Å². The molecule has 0 spiro atoms. The normalized spacial score (nSPS) is 15.1. The molecule has 1 fully saturated rings. The predicted octanol–water partition coefficient (Wildman–Crippen LogP) is 2.57. The number of H-pyrrole nitrogens is 1. The maximum Gasteiger partial charge on any atom is 0.573 e. The van der Waals surface area contributed by atoms with E-state index in [1.54, 1.807) is 26.8 Å². The topological polar surface area (TPSA) is 78.8 Å². The van der Waals surface area contributed by atoms with Crippen LogP contribution in [0.15, 0.2) is 23.0 Å². The minimum Gasteiger partial charge on any atom is -0.406 e. The number of benzene rings is 1.